The third kappa shape index (κ3) is 4.91. The smallest absolute Gasteiger partial charge is 0.247 e. The van der Waals surface area contributed by atoms with Crippen molar-refractivity contribution in [2.75, 3.05) is 46.2 Å². The molecule has 1 saturated heterocycles. The van der Waals surface area contributed by atoms with Crippen LogP contribution in [0.25, 0.3) is 0 Å². The van der Waals surface area contributed by atoms with Gasteiger partial charge >= 0.3 is 0 Å². The molecule has 0 radical (unpaired) electrons. The van der Waals surface area contributed by atoms with Crippen molar-refractivity contribution in [1.82, 2.24) is 9.21 Å². The van der Waals surface area contributed by atoms with Gasteiger partial charge in [0.15, 0.2) is 0 Å². The van der Waals surface area contributed by atoms with Crippen molar-refractivity contribution >= 4 is 27.7 Å². The van der Waals surface area contributed by atoms with Gasteiger partial charge in [-0.05, 0) is 30.7 Å². The molecule has 0 saturated carbocycles. The van der Waals surface area contributed by atoms with Gasteiger partial charge in [-0.1, -0.05) is 18.2 Å². The summed E-state index contributed by atoms with van der Waals surface area (Å²) in [6, 6.07) is 12.6. The molecule has 0 N–H and O–H groups in total. The topological polar surface area (TPSA) is 76.2 Å². The molecule has 7 nitrogen and oxygen atoms in total. The van der Waals surface area contributed by atoms with E-state index in [1.165, 1.54) is 36.4 Å². The van der Waals surface area contributed by atoms with Crippen LogP contribution < -0.4 is 9.47 Å². The van der Waals surface area contributed by atoms with Crippen LogP contribution in [0, 0.1) is 6.92 Å². The number of methoxy groups -OCH3 is 2. The van der Waals surface area contributed by atoms with Crippen LogP contribution in [0.2, 0.25) is 0 Å². The Balaban J connectivity index is 1.63. The molecule has 30 heavy (non-hydrogen) atoms. The third-order valence-electron chi connectivity index (χ3n) is 5.02. The number of hydrogen-bond donors (Lipinski definition) is 0. The van der Waals surface area contributed by atoms with E-state index in [1.807, 2.05) is 31.2 Å². The number of amides is 1. The summed E-state index contributed by atoms with van der Waals surface area (Å²) in [4.78, 5) is 15.5. The zero-order valence-corrected chi connectivity index (χ0v) is 19.0. The normalized spacial score (nSPS) is 15.1. The van der Waals surface area contributed by atoms with Gasteiger partial charge in [0.25, 0.3) is 0 Å². The highest BCUT2D eigenvalue weighted by Gasteiger charge is 2.32. The molecule has 0 aliphatic carbocycles. The SMILES string of the molecule is COc1ccc(OC)c(S(=O)(=O)N2CCN(C(=O)CSc3ccccc3C)CC2)c1. The molecule has 1 fully saturated rings. The van der Waals surface area contributed by atoms with E-state index < -0.39 is 10.0 Å². The first-order valence-electron chi connectivity index (χ1n) is 9.55. The van der Waals surface area contributed by atoms with Crippen molar-refractivity contribution in [2.45, 2.75) is 16.7 Å². The van der Waals surface area contributed by atoms with Gasteiger partial charge in [0.2, 0.25) is 15.9 Å². The number of aryl methyl sites for hydroxylation is 1. The molecule has 1 aliphatic heterocycles. The maximum atomic E-state index is 13.1. The number of ether oxygens (including phenoxy) is 2. The van der Waals surface area contributed by atoms with Gasteiger partial charge < -0.3 is 14.4 Å². The highest BCUT2D eigenvalue weighted by Crippen LogP contribution is 2.31. The van der Waals surface area contributed by atoms with Crippen molar-refractivity contribution < 1.29 is 22.7 Å². The summed E-state index contributed by atoms with van der Waals surface area (Å²) in [5.74, 6) is 1.06. The number of carbonyl (C=O) groups excluding carboxylic acids is 1. The van der Waals surface area contributed by atoms with Gasteiger partial charge in [-0.2, -0.15) is 4.31 Å². The molecule has 0 unspecified atom stereocenters. The first-order valence-corrected chi connectivity index (χ1v) is 12.0. The Bertz CT molecular complexity index is 1000. The highest BCUT2D eigenvalue weighted by molar-refractivity contribution is 8.00. The van der Waals surface area contributed by atoms with Gasteiger partial charge in [-0.15, -0.1) is 11.8 Å². The predicted molar refractivity (Wildman–Crippen MR) is 117 cm³/mol. The summed E-state index contributed by atoms with van der Waals surface area (Å²) in [6.45, 7) is 3.22. The molecule has 0 aromatic heterocycles. The molecule has 9 heteroatoms. The van der Waals surface area contributed by atoms with Crippen LogP contribution in [0.1, 0.15) is 5.56 Å². The molecule has 162 valence electrons. The summed E-state index contributed by atoms with van der Waals surface area (Å²) in [5.41, 5.74) is 1.14. The van der Waals surface area contributed by atoms with Gasteiger partial charge in [0, 0.05) is 37.1 Å². The van der Waals surface area contributed by atoms with E-state index in [0.717, 1.165) is 10.5 Å². The van der Waals surface area contributed by atoms with Crippen LogP contribution in [-0.4, -0.2) is 69.7 Å². The lowest BCUT2D eigenvalue weighted by molar-refractivity contribution is -0.129. The summed E-state index contributed by atoms with van der Waals surface area (Å²) in [7, 11) is -0.844. The summed E-state index contributed by atoms with van der Waals surface area (Å²) in [6.07, 6.45) is 0. The second kappa shape index (κ2) is 9.72. The first-order chi connectivity index (χ1) is 14.4. The minimum absolute atomic E-state index is 0.0132. The largest absolute Gasteiger partial charge is 0.497 e. The molecule has 0 atom stereocenters. The highest BCUT2D eigenvalue weighted by atomic mass is 32.2. The summed E-state index contributed by atoms with van der Waals surface area (Å²) < 4.78 is 38.1. The number of sulfonamides is 1. The maximum Gasteiger partial charge on any atom is 0.247 e. The number of rotatable bonds is 7. The van der Waals surface area contributed by atoms with E-state index >= 15 is 0 Å². The predicted octanol–water partition coefficient (Wildman–Crippen LogP) is 2.64. The number of piperazine rings is 1. The van der Waals surface area contributed by atoms with Crippen LogP contribution in [0.5, 0.6) is 11.5 Å². The summed E-state index contributed by atoms with van der Waals surface area (Å²) >= 11 is 1.51. The number of hydrogen-bond acceptors (Lipinski definition) is 6. The van der Waals surface area contributed by atoms with Crippen LogP contribution in [0.15, 0.2) is 52.3 Å². The van der Waals surface area contributed by atoms with Gasteiger partial charge in [-0.25, -0.2) is 8.42 Å². The van der Waals surface area contributed by atoms with Gasteiger partial charge in [-0.3, -0.25) is 4.79 Å². The minimum Gasteiger partial charge on any atom is -0.497 e. The van der Waals surface area contributed by atoms with Crippen molar-refractivity contribution in [3.05, 3.63) is 48.0 Å². The van der Waals surface area contributed by atoms with Crippen LogP contribution >= 0.6 is 11.8 Å². The van der Waals surface area contributed by atoms with E-state index in [9.17, 15) is 13.2 Å². The van der Waals surface area contributed by atoms with Gasteiger partial charge in [0.1, 0.15) is 16.4 Å². The molecule has 3 rings (SSSR count). The lowest BCUT2D eigenvalue weighted by Gasteiger charge is -2.34. The Kier molecular flexibility index (Phi) is 7.27. The molecule has 2 aromatic carbocycles. The molecule has 1 amide bonds. The Morgan fingerprint density at radius 2 is 1.73 bits per heavy atom. The fourth-order valence-corrected chi connectivity index (χ4v) is 5.78. The molecule has 0 bridgehead atoms. The monoisotopic (exact) mass is 450 g/mol. The van der Waals surface area contributed by atoms with Crippen molar-refractivity contribution in [3.63, 3.8) is 0 Å². The average molecular weight is 451 g/mol. The Hall–Kier alpha value is -2.23. The number of carbonyl (C=O) groups is 1. The minimum atomic E-state index is -3.76. The molecule has 0 spiro atoms. The Morgan fingerprint density at radius 3 is 2.37 bits per heavy atom. The van der Waals surface area contributed by atoms with Crippen LogP contribution in [-0.2, 0) is 14.8 Å². The standard InChI is InChI=1S/C21H26N2O5S2/c1-16-6-4-5-7-19(16)29-15-21(24)22-10-12-23(13-11-22)30(25,26)20-14-17(27-2)8-9-18(20)28-3/h4-9,14H,10-13,15H2,1-3H3. The van der Waals surface area contributed by atoms with E-state index in [4.69, 9.17) is 9.47 Å². The second-order valence-corrected chi connectivity index (χ2v) is 9.78. The lowest BCUT2D eigenvalue weighted by atomic mass is 10.2. The first kappa shape index (κ1) is 22.5. The lowest BCUT2D eigenvalue weighted by Crippen LogP contribution is -2.51. The number of nitrogens with zero attached hydrogens (tertiary/aromatic N) is 2. The zero-order valence-electron chi connectivity index (χ0n) is 17.3. The quantitative estimate of drug-likeness (QED) is 0.604. The Morgan fingerprint density at radius 1 is 1.03 bits per heavy atom. The fourth-order valence-electron chi connectivity index (χ4n) is 3.25. The van der Waals surface area contributed by atoms with E-state index in [1.54, 1.807) is 17.0 Å². The molecular formula is C21H26N2O5S2. The fraction of sp³-hybridized carbons (Fsp3) is 0.381. The van der Waals surface area contributed by atoms with E-state index in [2.05, 4.69) is 0 Å². The van der Waals surface area contributed by atoms with Gasteiger partial charge in [0.05, 0.1) is 20.0 Å². The average Bonchev–Trinajstić information content (AvgIpc) is 2.78. The maximum absolute atomic E-state index is 13.1. The molecule has 1 heterocycles. The Labute approximate surface area is 182 Å². The summed E-state index contributed by atoms with van der Waals surface area (Å²) in [5, 5.41) is 0. The van der Waals surface area contributed by atoms with Crippen LogP contribution in [0.3, 0.4) is 0 Å². The second-order valence-electron chi connectivity index (χ2n) is 6.86. The van der Waals surface area contributed by atoms with Crippen molar-refractivity contribution in [1.29, 1.82) is 0 Å². The number of thioether (sulfide) groups is 1. The zero-order chi connectivity index (χ0) is 21.7. The van der Waals surface area contributed by atoms with Crippen LogP contribution in [0.4, 0.5) is 0 Å². The number of benzene rings is 2. The van der Waals surface area contributed by atoms with Crippen molar-refractivity contribution in [2.24, 2.45) is 0 Å². The molecule has 2 aromatic rings. The molecular weight excluding hydrogens is 424 g/mol. The third-order valence-corrected chi connectivity index (χ3v) is 8.10. The van der Waals surface area contributed by atoms with Crippen molar-refractivity contribution in [3.8, 4) is 11.5 Å². The van der Waals surface area contributed by atoms with E-state index in [-0.39, 0.29) is 29.6 Å². The molecule has 1 aliphatic rings. The van der Waals surface area contributed by atoms with E-state index in [0.29, 0.717) is 24.6 Å².